The fourth-order valence-corrected chi connectivity index (χ4v) is 1.49. The lowest BCUT2D eigenvalue weighted by molar-refractivity contribution is -0.0571. The van der Waals surface area contributed by atoms with Crippen LogP contribution in [0.4, 0.5) is 0 Å². The van der Waals surface area contributed by atoms with Crippen molar-refractivity contribution in [1.82, 2.24) is 0 Å². The van der Waals surface area contributed by atoms with Gasteiger partial charge in [-0.05, 0) is 24.3 Å². The van der Waals surface area contributed by atoms with Crippen LogP contribution in [0.25, 0.3) is 11.0 Å². The highest BCUT2D eigenvalue weighted by atomic mass is 79.9. The molecular formula is C9H7BrO3. The van der Waals surface area contributed by atoms with Gasteiger partial charge in [-0.3, -0.25) is 0 Å². The van der Waals surface area contributed by atoms with Gasteiger partial charge in [-0.25, -0.2) is 0 Å². The molecule has 2 N–H and O–H groups in total. The van der Waals surface area contributed by atoms with E-state index >= 15 is 0 Å². The molecule has 0 spiro atoms. The maximum atomic E-state index is 8.84. The zero-order valence-electron chi connectivity index (χ0n) is 6.57. The predicted octanol–water partition coefficient (Wildman–Crippen LogP) is 2.18. The Morgan fingerprint density at radius 2 is 2.00 bits per heavy atom. The molecule has 0 radical (unpaired) electrons. The molecule has 0 atom stereocenters. The number of aliphatic hydroxyl groups excluding tert-OH is 1. The lowest BCUT2D eigenvalue weighted by atomic mass is 10.2. The molecule has 0 aliphatic heterocycles. The third-order valence-corrected chi connectivity index (χ3v) is 2.25. The van der Waals surface area contributed by atoms with Crippen molar-refractivity contribution in [1.29, 1.82) is 0 Å². The molecule has 2 aromatic rings. The van der Waals surface area contributed by atoms with Gasteiger partial charge in [0, 0.05) is 9.86 Å². The summed E-state index contributed by atoms with van der Waals surface area (Å²) in [5, 5.41) is 18.5. The number of fused-ring (bicyclic) bond motifs is 1. The molecule has 0 bridgehead atoms. The molecule has 4 heteroatoms. The first-order chi connectivity index (χ1) is 6.16. The van der Waals surface area contributed by atoms with Gasteiger partial charge in [-0.1, -0.05) is 15.9 Å². The number of aliphatic hydroxyl groups is 2. The Morgan fingerprint density at radius 3 is 2.69 bits per heavy atom. The van der Waals surface area contributed by atoms with Crippen LogP contribution >= 0.6 is 15.9 Å². The predicted molar refractivity (Wildman–Crippen MR) is 51.1 cm³/mol. The molecule has 68 valence electrons. The van der Waals surface area contributed by atoms with E-state index in [1.165, 1.54) is 0 Å². The summed E-state index contributed by atoms with van der Waals surface area (Å²) >= 11 is 3.29. The molecule has 0 saturated carbocycles. The van der Waals surface area contributed by atoms with E-state index in [9.17, 15) is 0 Å². The molecule has 13 heavy (non-hydrogen) atoms. The van der Waals surface area contributed by atoms with E-state index in [1.54, 1.807) is 12.1 Å². The van der Waals surface area contributed by atoms with Crippen LogP contribution in [0.15, 0.2) is 33.2 Å². The molecule has 0 aliphatic carbocycles. The molecule has 1 aromatic carbocycles. The van der Waals surface area contributed by atoms with Crippen LogP contribution in [0.1, 0.15) is 12.1 Å². The number of benzene rings is 1. The minimum atomic E-state index is -1.55. The standard InChI is InChI=1S/C9H7BrO3/c10-6-2-1-5-3-8(9(11)12)13-7(5)4-6/h1-4,9,11-12H. The van der Waals surface area contributed by atoms with Gasteiger partial charge in [0.2, 0.25) is 6.29 Å². The molecule has 2 rings (SSSR count). The smallest absolute Gasteiger partial charge is 0.212 e. The fourth-order valence-electron chi connectivity index (χ4n) is 1.15. The summed E-state index contributed by atoms with van der Waals surface area (Å²) in [5.41, 5.74) is 0.637. The third kappa shape index (κ3) is 1.60. The van der Waals surface area contributed by atoms with E-state index in [1.807, 2.05) is 12.1 Å². The molecule has 3 nitrogen and oxygen atoms in total. The van der Waals surface area contributed by atoms with Crippen molar-refractivity contribution >= 4 is 26.9 Å². The van der Waals surface area contributed by atoms with Gasteiger partial charge in [-0.15, -0.1) is 0 Å². The minimum Gasteiger partial charge on any atom is -0.456 e. The second kappa shape index (κ2) is 3.14. The average Bonchev–Trinajstić information content (AvgIpc) is 2.46. The molecule has 0 unspecified atom stereocenters. The van der Waals surface area contributed by atoms with Crippen LogP contribution in [0, 0.1) is 0 Å². The highest BCUT2D eigenvalue weighted by Crippen LogP contribution is 2.25. The Morgan fingerprint density at radius 1 is 1.23 bits per heavy atom. The second-order valence-electron chi connectivity index (χ2n) is 2.70. The summed E-state index contributed by atoms with van der Waals surface area (Å²) in [5.74, 6) is 0.160. The van der Waals surface area contributed by atoms with Crippen LogP contribution in [0.3, 0.4) is 0 Å². The fraction of sp³-hybridized carbons (Fsp3) is 0.111. The summed E-state index contributed by atoms with van der Waals surface area (Å²) in [7, 11) is 0. The number of halogens is 1. The Kier molecular flexibility index (Phi) is 2.11. The zero-order chi connectivity index (χ0) is 9.42. The van der Waals surface area contributed by atoms with Crippen molar-refractivity contribution < 1.29 is 14.6 Å². The summed E-state index contributed by atoms with van der Waals surface area (Å²) in [6.45, 7) is 0. The van der Waals surface area contributed by atoms with Crippen molar-refractivity contribution in [3.05, 3.63) is 34.5 Å². The largest absolute Gasteiger partial charge is 0.456 e. The summed E-state index contributed by atoms with van der Waals surface area (Å²) in [6.07, 6.45) is -1.55. The SMILES string of the molecule is OC(O)c1cc2ccc(Br)cc2o1. The Balaban J connectivity index is 2.62. The van der Waals surface area contributed by atoms with Crippen LogP contribution in [-0.4, -0.2) is 10.2 Å². The Labute approximate surface area is 82.7 Å². The van der Waals surface area contributed by atoms with Gasteiger partial charge >= 0.3 is 0 Å². The van der Waals surface area contributed by atoms with E-state index in [0.717, 1.165) is 9.86 Å². The van der Waals surface area contributed by atoms with Gasteiger partial charge in [0.1, 0.15) is 5.58 Å². The molecular weight excluding hydrogens is 236 g/mol. The van der Waals surface area contributed by atoms with Crippen molar-refractivity contribution in [2.75, 3.05) is 0 Å². The van der Waals surface area contributed by atoms with Crippen molar-refractivity contribution in [2.24, 2.45) is 0 Å². The molecule has 0 aliphatic rings. The number of hydrogen-bond donors (Lipinski definition) is 2. The summed E-state index contributed by atoms with van der Waals surface area (Å²) in [4.78, 5) is 0. The van der Waals surface area contributed by atoms with Crippen LogP contribution in [0.2, 0.25) is 0 Å². The van der Waals surface area contributed by atoms with Crippen LogP contribution < -0.4 is 0 Å². The molecule has 1 aromatic heterocycles. The number of rotatable bonds is 1. The average molecular weight is 243 g/mol. The van der Waals surface area contributed by atoms with E-state index in [0.29, 0.717) is 5.58 Å². The highest BCUT2D eigenvalue weighted by Gasteiger charge is 2.09. The summed E-state index contributed by atoms with van der Waals surface area (Å²) < 4.78 is 6.08. The van der Waals surface area contributed by atoms with Gasteiger partial charge in [0.05, 0.1) is 0 Å². The van der Waals surface area contributed by atoms with Gasteiger partial charge < -0.3 is 14.6 Å². The van der Waals surface area contributed by atoms with E-state index in [4.69, 9.17) is 14.6 Å². The molecule has 0 fully saturated rings. The first kappa shape index (κ1) is 8.74. The quantitative estimate of drug-likeness (QED) is 0.754. The maximum Gasteiger partial charge on any atom is 0.212 e. The van der Waals surface area contributed by atoms with Crippen molar-refractivity contribution in [2.45, 2.75) is 6.29 Å². The minimum absolute atomic E-state index is 0.160. The summed E-state index contributed by atoms with van der Waals surface area (Å²) in [6, 6.07) is 7.09. The lowest BCUT2D eigenvalue weighted by Crippen LogP contribution is -1.90. The zero-order valence-corrected chi connectivity index (χ0v) is 8.15. The maximum absolute atomic E-state index is 8.84. The molecule has 0 amide bonds. The van der Waals surface area contributed by atoms with Gasteiger partial charge in [0.25, 0.3) is 0 Å². The van der Waals surface area contributed by atoms with E-state index in [2.05, 4.69) is 15.9 Å². The normalized spacial score (nSPS) is 11.4. The third-order valence-electron chi connectivity index (χ3n) is 1.76. The van der Waals surface area contributed by atoms with E-state index < -0.39 is 6.29 Å². The van der Waals surface area contributed by atoms with Crippen LogP contribution in [-0.2, 0) is 0 Å². The Hall–Kier alpha value is -0.840. The monoisotopic (exact) mass is 242 g/mol. The van der Waals surface area contributed by atoms with Crippen molar-refractivity contribution in [3.63, 3.8) is 0 Å². The second-order valence-corrected chi connectivity index (χ2v) is 3.62. The van der Waals surface area contributed by atoms with Crippen LogP contribution in [0.5, 0.6) is 0 Å². The highest BCUT2D eigenvalue weighted by molar-refractivity contribution is 9.10. The molecule has 1 heterocycles. The first-order valence-electron chi connectivity index (χ1n) is 3.72. The Bertz CT molecular complexity index is 433. The van der Waals surface area contributed by atoms with Gasteiger partial charge in [-0.2, -0.15) is 0 Å². The van der Waals surface area contributed by atoms with Crippen molar-refractivity contribution in [3.8, 4) is 0 Å². The molecule has 0 saturated heterocycles. The first-order valence-corrected chi connectivity index (χ1v) is 4.51. The number of hydrogen-bond acceptors (Lipinski definition) is 3. The van der Waals surface area contributed by atoms with Gasteiger partial charge in [0.15, 0.2) is 5.76 Å². The lowest BCUT2D eigenvalue weighted by Gasteiger charge is -1.94. The topological polar surface area (TPSA) is 53.6 Å². The number of furan rings is 1. The van der Waals surface area contributed by atoms with E-state index in [-0.39, 0.29) is 5.76 Å².